The predicted octanol–water partition coefficient (Wildman–Crippen LogP) is 3.05. The van der Waals surface area contributed by atoms with Gasteiger partial charge in [-0.3, -0.25) is 19.2 Å². The van der Waals surface area contributed by atoms with E-state index in [1.165, 1.54) is 22.5 Å². The Morgan fingerprint density at radius 1 is 1.00 bits per heavy atom. The van der Waals surface area contributed by atoms with Crippen LogP contribution in [0.2, 0.25) is 0 Å². The number of rotatable bonds is 6. The molecule has 12 nitrogen and oxygen atoms in total. The third kappa shape index (κ3) is 8.03. The summed E-state index contributed by atoms with van der Waals surface area (Å²) in [6, 6.07) is 15.4. The van der Waals surface area contributed by atoms with Crippen LogP contribution in [-0.2, 0) is 17.6 Å². The number of nitrogens with one attached hydrogen (secondary N) is 3. The van der Waals surface area contributed by atoms with E-state index in [1.54, 1.807) is 17.5 Å². The molecule has 0 radical (unpaired) electrons. The number of aromatic nitrogens is 2. The largest absolute Gasteiger partial charge is 0.446 e. The average Bonchev–Trinajstić information content (AvgIpc) is 3.74. The lowest BCUT2D eigenvalue weighted by Crippen LogP contribution is -2.45. The number of carbonyl (C=O) groups excluding carboxylic acids is 4. The quantitative estimate of drug-likeness (QED) is 0.248. The van der Waals surface area contributed by atoms with Crippen LogP contribution in [0.4, 0.5) is 0 Å². The fourth-order valence-corrected chi connectivity index (χ4v) is 6.11. The first-order valence-electron chi connectivity index (χ1n) is 15.1. The van der Waals surface area contributed by atoms with Gasteiger partial charge in [0.25, 0.3) is 17.7 Å². The molecule has 2 atom stereocenters. The second kappa shape index (κ2) is 14.9. The molecule has 5 N–H and O–H groups in total. The molecule has 5 rings (SSSR count). The van der Waals surface area contributed by atoms with Gasteiger partial charge in [0, 0.05) is 30.5 Å². The molecule has 240 valence electrons. The Bertz CT molecular complexity index is 1670. The summed E-state index contributed by atoms with van der Waals surface area (Å²) in [4.78, 5) is 63.8. The van der Waals surface area contributed by atoms with E-state index in [4.69, 9.17) is 10.2 Å². The van der Waals surface area contributed by atoms with Gasteiger partial charge in [-0.05, 0) is 42.1 Å². The van der Waals surface area contributed by atoms with Crippen molar-refractivity contribution in [3.8, 4) is 0 Å². The van der Waals surface area contributed by atoms with Crippen molar-refractivity contribution in [2.75, 3.05) is 26.2 Å². The van der Waals surface area contributed by atoms with E-state index in [2.05, 4.69) is 25.9 Å². The van der Waals surface area contributed by atoms with Crippen molar-refractivity contribution in [1.82, 2.24) is 30.8 Å². The van der Waals surface area contributed by atoms with Gasteiger partial charge in [0.2, 0.25) is 11.8 Å². The van der Waals surface area contributed by atoms with Crippen LogP contribution in [0.3, 0.4) is 0 Å². The van der Waals surface area contributed by atoms with E-state index in [9.17, 15) is 19.2 Å². The Morgan fingerprint density at radius 3 is 2.48 bits per heavy atom. The summed E-state index contributed by atoms with van der Waals surface area (Å²) >= 11 is 1.27. The molecule has 2 aromatic heterocycles. The number of amides is 4. The monoisotopic (exact) mass is 643 g/mol. The molecule has 0 unspecified atom stereocenters. The van der Waals surface area contributed by atoms with Crippen molar-refractivity contribution in [3.05, 3.63) is 105 Å². The Kier molecular flexibility index (Phi) is 10.6. The van der Waals surface area contributed by atoms with Crippen LogP contribution in [0.1, 0.15) is 79.3 Å². The standard InChI is InChI=1S/C33H37N7O5S/c1-20(2)28-32-38-26(19-46-32)30(43)36-24(16-22-6-4-3-5-7-22)31-37-25(18-45-31)29(42)35-14-15-40(17-27(41)39-28)33(44)23-10-8-21(9-11-23)12-13-34/h3-11,18-20,24,28H,12-17,34H2,1-2H3,(H,35,42)(H,36,43)(H,39,41)/t24-,28-/m0/s1. The number of fused-ring (bicyclic) bond motifs is 4. The molecule has 0 aliphatic carbocycles. The molecule has 1 aliphatic rings. The third-order valence-corrected chi connectivity index (χ3v) is 8.50. The minimum absolute atomic E-state index is 0.0188. The number of nitrogens with two attached hydrogens (primary N) is 1. The Morgan fingerprint density at radius 2 is 1.76 bits per heavy atom. The highest BCUT2D eigenvalue weighted by Gasteiger charge is 2.28. The second-order valence-corrected chi connectivity index (χ2v) is 12.3. The molecule has 1 aliphatic heterocycles. The van der Waals surface area contributed by atoms with Gasteiger partial charge in [-0.15, -0.1) is 11.3 Å². The molecular weight excluding hydrogens is 606 g/mol. The SMILES string of the molecule is CC(C)[C@@H]1NC(=O)CN(C(=O)c2ccc(CCN)cc2)CCNC(=O)c2coc(n2)[C@H](Cc2ccccc2)NC(=O)c2csc1n2. The zero-order chi connectivity index (χ0) is 32.6. The maximum atomic E-state index is 13.6. The molecule has 0 spiro atoms. The molecule has 4 aromatic rings. The number of nitrogens with zero attached hydrogens (tertiary/aromatic N) is 3. The topological polar surface area (TPSA) is 173 Å². The summed E-state index contributed by atoms with van der Waals surface area (Å²) in [5, 5.41) is 10.9. The van der Waals surface area contributed by atoms with Crippen molar-refractivity contribution in [2.45, 2.75) is 38.8 Å². The maximum absolute atomic E-state index is 13.6. The summed E-state index contributed by atoms with van der Waals surface area (Å²) in [6.07, 6.45) is 2.27. The van der Waals surface area contributed by atoms with Gasteiger partial charge in [-0.25, -0.2) is 9.97 Å². The van der Waals surface area contributed by atoms with E-state index in [0.29, 0.717) is 30.0 Å². The molecule has 0 fully saturated rings. The van der Waals surface area contributed by atoms with Gasteiger partial charge >= 0.3 is 0 Å². The van der Waals surface area contributed by atoms with Crippen molar-refractivity contribution in [3.63, 3.8) is 0 Å². The lowest BCUT2D eigenvalue weighted by atomic mass is 10.0. The van der Waals surface area contributed by atoms with E-state index in [0.717, 1.165) is 11.1 Å². The Labute approximate surface area is 270 Å². The average molecular weight is 644 g/mol. The van der Waals surface area contributed by atoms with Crippen LogP contribution in [0.15, 0.2) is 70.7 Å². The Balaban J connectivity index is 1.45. The van der Waals surface area contributed by atoms with Crippen LogP contribution in [0.5, 0.6) is 0 Å². The lowest BCUT2D eigenvalue weighted by molar-refractivity contribution is -0.122. The van der Waals surface area contributed by atoms with Crippen LogP contribution in [-0.4, -0.2) is 64.7 Å². The summed E-state index contributed by atoms with van der Waals surface area (Å²) in [6.45, 7) is 4.23. The summed E-state index contributed by atoms with van der Waals surface area (Å²) in [5.41, 5.74) is 8.19. The van der Waals surface area contributed by atoms with E-state index in [1.807, 2.05) is 56.3 Å². The number of thiazole rings is 1. The minimum atomic E-state index is -0.689. The fourth-order valence-electron chi connectivity index (χ4n) is 5.09. The normalized spacial score (nSPS) is 17.9. The number of hydrogen-bond acceptors (Lipinski definition) is 9. The van der Waals surface area contributed by atoms with Gasteiger partial charge in [-0.2, -0.15) is 0 Å². The molecule has 4 bridgehead atoms. The number of hydrogen-bond donors (Lipinski definition) is 4. The number of oxazole rings is 1. The highest BCUT2D eigenvalue weighted by Crippen LogP contribution is 2.26. The predicted molar refractivity (Wildman–Crippen MR) is 172 cm³/mol. The van der Waals surface area contributed by atoms with Crippen LogP contribution in [0.25, 0.3) is 0 Å². The maximum Gasteiger partial charge on any atom is 0.273 e. The lowest BCUT2D eigenvalue weighted by Gasteiger charge is -2.25. The third-order valence-electron chi connectivity index (χ3n) is 7.57. The van der Waals surface area contributed by atoms with E-state index < -0.39 is 29.8 Å². The van der Waals surface area contributed by atoms with E-state index >= 15 is 0 Å². The molecule has 46 heavy (non-hydrogen) atoms. The highest BCUT2D eigenvalue weighted by molar-refractivity contribution is 7.09. The fraction of sp³-hybridized carbons (Fsp3) is 0.333. The van der Waals surface area contributed by atoms with Gasteiger partial charge in [0.05, 0.1) is 12.6 Å². The van der Waals surface area contributed by atoms with Crippen molar-refractivity contribution >= 4 is 35.0 Å². The second-order valence-electron chi connectivity index (χ2n) is 11.4. The van der Waals surface area contributed by atoms with Crippen molar-refractivity contribution < 1.29 is 23.6 Å². The van der Waals surface area contributed by atoms with Gasteiger partial charge in [0.1, 0.15) is 23.0 Å². The van der Waals surface area contributed by atoms with E-state index in [-0.39, 0.29) is 48.7 Å². The molecular formula is C33H37N7O5S. The zero-order valence-electron chi connectivity index (χ0n) is 25.7. The minimum Gasteiger partial charge on any atom is -0.446 e. The van der Waals surface area contributed by atoms with Crippen LogP contribution in [0, 0.1) is 5.92 Å². The molecule has 0 saturated carbocycles. The van der Waals surface area contributed by atoms with Gasteiger partial charge in [0.15, 0.2) is 5.69 Å². The number of benzene rings is 2. The molecule has 13 heteroatoms. The highest BCUT2D eigenvalue weighted by atomic mass is 32.1. The summed E-state index contributed by atoms with van der Waals surface area (Å²) in [7, 11) is 0. The van der Waals surface area contributed by atoms with Gasteiger partial charge < -0.3 is 31.0 Å². The Hall–Kier alpha value is -4.88. The van der Waals surface area contributed by atoms with Crippen LogP contribution < -0.4 is 21.7 Å². The zero-order valence-corrected chi connectivity index (χ0v) is 26.5. The summed E-state index contributed by atoms with van der Waals surface area (Å²) < 4.78 is 5.70. The first-order valence-corrected chi connectivity index (χ1v) is 16.0. The first-order chi connectivity index (χ1) is 22.2. The number of carbonyl (C=O) groups is 4. The van der Waals surface area contributed by atoms with Crippen LogP contribution >= 0.6 is 11.3 Å². The molecule has 4 amide bonds. The molecule has 0 saturated heterocycles. The molecule has 3 heterocycles. The van der Waals surface area contributed by atoms with Gasteiger partial charge in [-0.1, -0.05) is 56.3 Å². The van der Waals surface area contributed by atoms with Crippen molar-refractivity contribution in [1.29, 1.82) is 0 Å². The van der Waals surface area contributed by atoms with Crippen molar-refractivity contribution in [2.24, 2.45) is 11.7 Å². The summed E-state index contributed by atoms with van der Waals surface area (Å²) in [5.74, 6) is -1.62. The first kappa shape index (κ1) is 32.5. The smallest absolute Gasteiger partial charge is 0.273 e. The molecule has 2 aromatic carbocycles.